The van der Waals surface area contributed by atoms with Gasteiger partial charge >= 0.3 is 0 Å². The Bertz CT molecular complexity index is 296. The second kappa shape index (κ2) is 6.60. The van der Waals surface area contributed by atoms with Crippen molar-refractivity contribution in [1.29, 1.82) is 0 Å². The van der Waals surface area contributed by atoms with Crippen LogP contribution in [0.4, 0.5) is 0 Å². The van der Waals surface area contributed by atoms with Gasteiger partial charge in [-0.3, -0.25) is 4.68 Å². The van der Waals surface area contributed by atoms with Gasteiger partial charge < -0.3 is 10.1 Å². The van der Waals surface area contributed by atoms with E-state index in [0.717, 1.165) is 25.1 Å². The Morgan fingerprint density at radius 3 is 2.69 bits per heavy atom. The minimum atomic E-state index is 0.156. The summed E-state index contributed by atoms with van der Waals surface area (Å²) in [6.07, 6.45) is 4.02. The van der Waals surface area contributed by atoms with Crippen LogP contribution in [0.2, 0.25) is 0 Å². The predicted octanol–water partition coefficient (Wildman–Crippen LogP) is 1.28. The second-order valence-corrected chi connectivity index (χ2v) is 3.90. The Balaban J connectivity index is 2.82. The third-order valence-corrected chi connectivity index (χ3v) is 2.76. The normalized spacial score (nSPS) is 15.0. The number of aromatic nitrogens is 3. The van der Waals surface area contributed by atoms with Gasteiger partial charge in [-0.15, -0.1) is 5.10 Å². The molecular weight excluding hydrogens is 204 g/mol. The number of hydrogen-bond acceptors (Lipinski definition) is 4. The molecule has 5 nitrogen and oxygen atoms in total. The first-order chi connectivity index (χ1) is 7.74. The summed E-state index contributed by atoms with van der Waals surface area (Å²) in [7, 11) is 3.66. The lowest BCUT2D eigenvalue weighted by atomic mass is 10.1. The molecule has 0 saturated heterocycles. The Morgan fingerprint density at radius 2 is 2.25 bits per heavy atom. The zero-order valence-corrected chi connectivity index (χ0v) is 10.6. The van der Waals surface area contributed by atoms with Gasteiger partial charge in [-0.05, 0) is 19.4 Å². The molecule has 2 atom stereocenters. The molecule has 0 radical (unpaired) electrons. The van der Waals surface area contributed by atoms with Crippen molar-refractivity contribution in [1.82, 2.24) is 20.3 Å². The van der Waals surface area contributed by atoms with Crippen molar-refractivity contribution in [2.24, 2.45) is 7.05 Å². The fraction of sp³-hybridized carbons (Fsp3) is 0.818. The largest absolute Gasteiger partial charge is 0.379 e. The van der Waals surface area contributed by atoms with Crippen molar-refractivity contribution in [3.63, 3.8) is 0 Å². The highest BCUT2D eigenvalue weighted by atomic mass is 16.5. The van der Waals surface area contributed by atoms with Gasteiger partial charge in [0.05, 0.1) is 24.0 Å². The monoisotopic (exact) mass is 226 g/mol. The Morgan fingerprint density at radius 1 is 1.50 bits per heavy atom. The van der Waals surface area contributed by atoms with Crippen LogP contribution >= 0.6 is 0 Å². The third kappa shape index (κ3) is 3.02. The van der Waals surface area contributed by atoms with Gasteiger partial charge in [0.25, 0.3) is 0 Å². The summed E-state index contributed by atoms with van der Waals surface area (Å²) >= 11 is 0. The summed E-state index contributed by atoms with van der Waals surface area (Å²) in [6.45, 7) is 5.24. The molecule has 2 unspecified atom stereocenters. The van der Waals surface area contributed by atoms with Crippen LogP contribution < -0.4 is 5.32 Å². The first-order valence-electron chi connectivity index (χ1n) is 5.85. The van der Waals surface area contributed by atoms with Gasteiger partial charge in [-0.25, -0.2) is 0 Å². The fourth-order valence-corrected chi connectivity index (χ4v) is 1.84. The minimum Gasteiger partial charge on any atom is -0.379 e. The molecule has 1 rings (SSSR count). The molecule has 0 bridgehead atoms. The van der Waals surface area contributed by atoms with Crippen LogP contribution in [0.1, 0.15) is 38.4 Å². The molecule has 1 heterocycles. The molecule has 92 valence electrons. The van der Waals surface area contributed by atoms with Gasteiger partial charge in [0.15, 0.2) is 0 Å². The number of nitrogens with one attached hydrogen (secondary N) is 1. The van der Waals surface area contributed by atoms with Crippen LogP contribution in [0, 0.1) is 0 Å². The van der Waals surface area contributed by atoms with E-state index in [9.17, 15) is 0 Å². The highest BCUT2D eigenvalue weighted by Crippen LogP contribution is 2.19. The molecule has 0 aliphatic rings. The maximum absolute atomic E-state index is 5.51. The average Bonchev–Trinajstić information content (AvgIpc) is 2.71. The number of hydrogen-bond donors (Lipinski definition) is 1. The zero-order valence-electron chi connectivity index (χ0n) is 10.6. The lowest BCUT2D eigenvalue weighted by Crippen LogP contribution is -2.34. The van der Waals surface area contributed by atoms with Crippen molar-refractivity contribution >= 4 is 0 Å². The Kier molecular flexibility index (Phi) is 5.42. The highest BCUT2D eigenvalue weighted by Gasteiger charge is 2.23. The summed E-state index contributed by atoms with van der Waals surface area (Å²) in [5.41, 5.74) is 1.07. The fourth-order valence-electron chi connectivity index (χ4n) is 1.84. The first kappa shape index (κ1) is 13.1. The maximum Gasteiger partial charge on any atom is 0.0779 e. The number of rotatable bonds is 7. The average molecular weight is 226 g/mol. The SMILES string of the molecule is CCCNC(c1cnnn1C)C(CC)OC. The van der Waals surface area contributed by atoms with E-state index in [2.05, 4.69) is 29.5 Å². The van der Waals surface area contributed by atoms with Crippen LogP contribution in [-0.2, 0) is 11.8 Å². The lowest BCUT2D eigenvalue weighted by molar-refractivity contribution is 0.0625. The summed E-state index contributed by atoms with van der Waals surface area (Å²) in [5.74, 6) is 0. The standard InChI is InChI=1S/C11H22N4O/c1-5-7-12-11(10(6-2)16-4)9-8-13-14-15(9)3/h8,10-12H,5-7H2,1-4H3. The summed E-state index contributed by atoms with van der Waals surface area (Å²) in [6, 6.07) is 0.162. The van der Waals surface area contributed by atoms with E-state index in [4.69, 9.17) is 4.74 Å². The molecule has 0 amide bonds. The van der Waals surface area contributed by atoms with Crippen molar-refractivity contribution in [3.8, 4) is 0 Å². The lowest BCUT2D eigenvalue weighted by Gasteiger charge is -2.25. The summed E-state index contributed by atoms with van der Waals surface area (Å²) in [4.78, 5) is 0. The molecule has 16 heavy (non-hydrogen) atoms. The molecule has 0 saturated carbocycles. The van der Waals surface area contributed by atoms with E-state index in [0.29, 0.717) is 0 Å². The van der Waals surface area contributed by atoms with Gasteiger partial charge in [0.1, 0.15) is 0 Å². The van der Waals surface area contributed by atoms with E-state index in [1.165, 1.54) is 0 Å². The number of ether oxygens (including phenoxy) is 1. The summed E-state index contributed by atoms with van der Waals surface area (Å²) in [5, 5.41) is 11.4. The van der Waals surface area contributed by atoms with Crippen molar-refractivity contribution < 1.29 is 4.74 Å². The van der Waals surface area contributed by atoms with E-state index in [1.54, 1.807) is 18.0 Å². The zero-order chi connectivity index (χ0) is 12.0. The van der Waals surface area contributed by atoms with Crippen LogP contribution in [-0.4, -0.2) is 34.8 Å². The Hall–Kier alpha value is -0.940. The van der Waals surface area contributed by atoms with E-state index < -0.39 is 0 Å². The molecule has 0 fully saturated rings. The molecule has 1 aromatic heterocycles. The molecule has 1 aromatic rings. The van der Waals surface area contributed by atoms with Crippen molar-refractivity contribution in [2.75, 3.05) is 13.7 Å². The van der Waals surface area contributed by atoms with Crippen LogP contribution in [0.15, 0.2) is 6.20 Å². The molecule has 1 N–H and O–H groups in total. The van der Waals surface area contributed by atoms with Gasteiger partial charge in [-0.2, -0.15) is 0 Å². The van der Waals surface area contributed by atoms with Crippen LogP contribution in [0.25, 0.3) is 0 Å². The highest BCUT2D eigenvalue weighted by molar-refractivity contribution is 5.04. The topological polar surface area (TPSA) is 52.0 Å². The molecule has 0 aliphatic heterocycles. The minimum absolute atomic E-state index is 0.156. The number of aryl methyl sites for hydroxylation is 1. The number of nitrogens with zero attached hydrogens (tertiary/aromatic N) is 3. The van der Waals surface area contributed by atoms with E-state index in [1.807, 2.05) is 7.05 Å². The quantitative estimate of drug-likeness (QED) is 0.761. The van der Waals surface area contributed by atoms with Crippen LogP contribution in [0.5, 0.6) is 0 Å². The van der Waals surface area contributed by atoms with Crippen molar-refractivity contribution in [2.45, 2.75) is 38.8 Å². The first-order valence-corrected chi connectivity index (χ1v) is 5.85. The van der Waals surface area contributed by atoms with E-state index in [-0.39, 0.29) is 12.1 Å². The van der Waals surface area contributed by atoms with Crippen molar-refractivity contribution in [3.05, 3.63) is 11.9 Å². The van der Waals surface area contributed by atoms with Gasteiger partial charge in [0.2, 0.25) is 0 Å². The molecule has 0 aliphatic carbocycles. The molecule has 0 aromatic carbocycles. The summed E-state index contributed by atoms with van der Waals surface area (Å²) < 4.78 is 7.31. The maximum atomic E-state index is 5.51. The molecule has 5 heteroatoms. The second-order valence-electron chi connectivity index (χ2n) is 3.90. The van der Waals surface area contributed by atoms with Crippen LogP contribution in [0.3, 0.4) is 0 Å². The van der Waals surface area contributed by atoms with Gasteiger partial charge in [0, 0.05) is 14.2 Å². The number of methoxy groups -OCH3 is 1. The molecule has 0 spiro atoms. The predicted molar refractivity (Wildman–Crippen MR) is 63.1 cm³/mol. The third-order valence-electron chi connectivity index (χ3n) is 2.76. The smallest absolute Gasteiger partial charge is 0.0779 e. The molecular formula is C11H22N4O. The Labute approximate surface area is 97.2 Å². The van der Waals surface area contributed by atoms with E-state index >= 15 is 0 Å². The van der Waals surface area contributed by atoms with Gasteiger partial charge in [-0.1, -0.05) is 19.1 Å².